The molecule has 1 aromatic rings. The largest absolute Gasteiger partial charge is 0.508 e. The van der Waals surface area contributed by atoms with Crippen molar-refractivity contribution in [2.75, 3.05) is 13.2 Å². The molecule has 2 aliphatic rings. The number of aliphatic hydroxyl groups excluding tert-OH is 2. The van der Waals surface area contributed by atoms with Crippen LogP contribution in [0.2, 0.25) is 0 Å². The average molecular weight is 490 g/mol. The van der Waals surface area contributed by atoms with Crippen molar-refractivity contribution in [1.82, 2.24) is 5.32 Å². The molecule has 4 N–H and O–H groups in total. The molecule has 6 heteroatoms. The van der Waals surface area contributed by atoms with Crippen molar-refractivity contribution >= 4 is 5.91 Å². The van der Waals surface area contributed by atoms with Gasteiger partial charge in [0.1, 0.15) is 17.1 Å². The Hall–Kier alpha value is -1.79. The summed E-state index contributed by atoms with van der Waals surface area (Å²) < 4.78 is 6.62. The molecule has 1 saturated carbocycles. The Morgan fingerprint density at radius 1 is 1.23 bits per heavy atom. The molecule has 0 unspecified atom stereocenters. The Kier molecular flexibility index (Phi) is 8.48. The first-order chi connectivity index (χ1) is 16.4. The van der Waals surface area contributed by atoms with Gasteiger partial charge < -0.3 is 25.4 Å². The van der Waals surface area contributed by atoms with Crippen molar-refractivity contribution in [3.8, 4) is 11.5 Å². The molecule has 0 bridgehead atoms. The molecule has 1 aliphatic heterocycles. The van der Waals surface area contributed by atoms with Gasteiger partial charge in [0, 0.05) is 29.4 Å². The molecule has 1 amide bonds. The lowest BCUT2D eigenvalue weighted by molar-refractivity contribution is -0.132. The number of phenolic OH excluding ortho intramolecular Hbond substituents is 1. The summed E-state index contributed by atoms with van der Waals surface area (Å²) in [6.07, 6.45) is 7.08. The Labute approximate surface area is 211 Å². The summed E-state index contributed by atoms with van der Waals surface area (Å²) in [6.45, 7) is 12.8. The Morgan fingerprint density at radius 3 is 2.60 bits per heavy atom. The van der Waals surface area contributed by atoms with E-state index in [1.54, 1.807) is 0 Å². The number of rotatable bonds is 10. The molecule has 0 aromatic heterocycles. The highest BCUT2D eigenvalue weighted by molar-refractivity contribution is 5.79. The number of benzene rings is 1. The Morgan fingerprint density at radius 2 is 1.94 bits per heavy atom. The molecular weight excluding hydrogens is 442 g/mol. The summed E-state index contributed by atoms with van der Waals surface area (Å²) in [5.41, 5.74) is 1.17. The summed E-state index contributed by atoms with van der Waals surface area (Å²) in [5.74, 6) is 0.674. The van der Waals surface area contributed by atoms with Crippen molar-refractivity contribution in [2.45, 2.75) is 116 Å². The summed E-state index contributed by atoms with van der Waals surface area (Å²) in [6, 6.07) is 4.04. The van der Waals surface area contributed by atoms with Gasteiger partial charge >= 0.3 is 0 Å². The molecule has 1 aromatic carbocycles. The van der Waals surface area contributed by atoms with Crippen LogP contribution >= 0.6 is 0 Å². The second kappa shape index (κ2) is 10.7. The van der Waals surface area contributed by atoms with Crippen LogP contribution in [0.1, 0.15) is 110 Å². The first-order valence-electron chi connectivity index (χ1n) is 13.5. The number of nitrogens with one attached hydrogen (secondary N) is 1. The third-order valence-electron chi connectivity index (χ3n) is 9.04. The number of carbonyl (C=O) groups excluding carboxylic acids is 1. The minimum atomic E-state index is -0.955. The number of hydrogen-bond acceptors (Lipinski definition) is 5. The number of fused-ring (bicyclic) bond motifs is 3. The Balaban J connectivity index is 1.90. The number of phenols is 1. The van der Waals surface area contributed by atoms with Crippen molar-refractivity contribution in [3.05, 3.63) is 23.3 Å². The molecule has 1 fully saturated rings. The summed E-state index contributed by atoms with van der Waals surface area (Å²) >= 11 is 0. The van der Waals surface area contributed by atoms with E-state index in [9.17, 15) is 15.0 Å². The highest BCUT2D eigenvalue weighted by atomic mass is 16.5. The lowest BCUT2D eigenvalue weighted by atomic mass is 9.54. The zero-order valence-electron chi connectivity index (χ0n) is 22.6. The minimum absolute atomic E-state index is 0.0183. The summed E-state index contributed by atoms with van der Waals surface area (Å²) in [5, 5.41) is 32.8. The van der Waals surface area contributed by atoms with E-state index >= 15 is 0 Å². The van der Waals surface area contributed by atoms with Crippen LogP contribution in [0.25, 0.3) is 0 Å². The van der Waals surface area contributed by atoms with E-state index in [1.807, 2.05) is 6.07 Å². The van der Waals surface area contributed by atoms with Gasteiger partial charge in [0.05, 0.1) is 12.7 Å². The zero-order chi connectivity index (χ0) is 26.0. The predicted octanol–water partition coefficient (Wildman–Crippen LogP) is 5.17. The van der Waals surface area contributed by atoms with E-state index in [4.69, 9.17) is 9.84 Å². The number of carbonyl (C=O) groups is 1. The number of hydrogen-bond donors (Lipinski definition) is 4. The molecular formula is C29H47NO5. The molecule has 198 valence electrons. The van der Waals surface area contributed by atoms with Gasteiger partial charge in [-0.25, -0.2) is 0 Å². The predicted molar refractivity (Wildman–Crippen MR) is 139 cm³/mol. The van der Waals surface area contributed by atoms with Gasteiger partial charge in [0.15, 0.2) is 0 Å². The van der Waals surface area contributed by atoms with E-state index < -0.39 is 11.7 Å². The second-order valence-electron chi connectivity index (χ2n) is 12.2. The van der Waals surface area contributed by atoms with Crippen LogP contribution in [0.3, 0.4) is 0 Å². The number of amides is 1. The average Bonchev–Trinajstić information content (AvgIpc) is 2.79. The smallest absolute Gasteiger partial charge is 0.223 e. The molecule has 35 heavy (non-hydrogen) atoms. The van der Waals surface area contributed by atoms with Gasteiger partial charge in [0.25, 0.3) is 0 Å². The maximum atomic E-state index is 12.9. The maximum absolute atomic E-state index is 12.9. The number of ether oxygens (including phenoxy) is 1. The van der Waals surface area contributed by atoms with Crippen molar-refractivity contribution in [3.63, 3.8) is 0 Å². The Bertz CT molecular complexity index is 895. The summed E-state index contributed by atoms with van der Waals surface area (Å²) in [4.78, 5) is 12.9. The fourth-order valence-corrected chi connectivity index (χ4v) is 6.10. The maximum Gasteiger partial charge on any atom is 0.223 e. The first-order valence-corrected chi connectivity index (χ1v) is 13.5. The van der Waals surface area contributed by atoms with Crippen LogP contribution in [0, 0.1) is 11.3 Å². The van der Waals surface area contributed by atoms with E-state index in [2.05, 4.69) is 52.9 Å². The zero-order valence-corrected chi connectivity index (χ0v) is 22.6. The van der Waals surface area contributed by atoms with Crippen LogP contribution in [0.4, 0.5) is 0 Å². The third kappa shape index (κ3) is 5.64. The normalized spacial score (nSPS) is 26.3. The van der Waals surface area contributed by atoms with Gasteiger partial charge in [0.2, 0.25) is 5.91 Å². The van der Waals surface area contributed by atoms with E-state index in [1.165, 1.54) is 19.3 Å². The fourth-order valence-electron chi connectivity index (χ4n) is 6.10. The molecule has 1 heterocycles. The standard InChI is InChI=1S/C29H47NO5/c1-7-8-9-10-12-27(2,3)20-15-23(33)25-22-14-19(26(34)30-17-21(32)18-31)11-13-29(22,6)28(4,5)35-24(25)16-20/h15-16,19,21-22,31-33H,7-14,17-18H2,1-6H3,(H,30,34)/t19-,21+,22-,29+/m0/s1. The highest BCUT2D eigenvalue weighted by Crippen LogP contribution is 2.62. The van der Waals surface area contributed by atoms with Gasteiger partial charge in [-0.05, 0) is 62.6 Å². The van der Waals surface area contributed by atoms with Crippen LogP contribution in [-0.2, 0) is 10.2 Å². The fraction of sp³-hybridized carbons (Fsp3) is 0.759. The molecule has 4 atom stereocenters. The van der Waals surface area contributed by atoms with E-state index in [0.29, 0.717) is 6.42 Å². The van der Waals surface area contributed by atoms with Crippen LogP contribution in [-0.4, -0.2) is 46.1 Å². The van der Waals surface area contributed by atoms with Gasteiger partial charge in [-0.3, -0.25) is 4.79 Å². The molecule has 0 radical (unpaired) electrons. The van der Waals surface area contributed by atoms with Gasteiger partial charge in [-0.2, -0.15) is 0 Å². The minimum Gasteiger partial charge on any atom is -0.508 e. The highest BCUT2D eigenvalue weighted by Gasteiger charge is 2.57. The number of aromatic hydroxyl groups is 1. The third-order valence-corrected chi connectivity index (χ3v) is 9.04. The summed E-state index contributed by atoms with van der Waals surface area (Å²) in [7, 11) is 0. The topological polar surface area (TPSA) is 99.0 Å². The first kappa shape index (κ1) is 27.8. The van der Waals surface area contributed by atoms with E-state index in [-0.39, 0.29) is 47.5 Å². The molecule has 1 aliphatic carbocycles. The number of aliphatic hydroxyl groups is 2. The molecule has 6 nitrogen and oxygen atoms in total. The van der Waals surface area contributed by atoms with Gasteiger partial charge in [-0.15, -0.1) is 0 Å². The van der Waals surface area contributed by atoms with Gasteiger partial charge in [-0.1, -0.05) is 53.4 Å². The molecule has 0 spiro atoms. The van der Waals surface area contributed by atoms with Crippen LogP contribution in [0.5, 0.6) is 11.5 Å². The molecule has 3 rings (SSSR count). The second-order valence-corrected chi connectivity index (χ2v) is 12.2. The lowest BCUT2D eigenvalue weighted by Gasteiger charge is -2.56. The van der Waals surface area contributed by atoms with Crippen LogP contribution in [0.15, 0.2) is 12.1 Å². The molecule has 0 saturated heterocycles. The van der Waals surface area contributed by atoms with Crippen molar-refractivity contribution in [1.29, 1.82) is 0 Å². The van der Waals surface area contributed by atoms with Crippen molar-refractivity contribution in [2.24, 2.45) is 11.3 Å². The lowest BCUT2D eigenvalue weighted by Crippen LogP contribution is -2.56. The SMILES string of the molecule is CCCCCCC(C)(C)c1cc(O)c2c(c1)OC(C)(C)[C@]1(C)CC[C@H](C(=O)NC[C@@H](O)CO)C[C@@H]21. The number of unbranched alkanes of at least 4 members (excludes halogenated alkanes) is 3. The quantitative estimate of drug-likeness (QED) is 0.340. The van der Waals surface area contributed by atoms with Crippen molar-refractivity contribution < 1.29 is 24.9 Å². The van der Waals surface area contributed by atoms with E-state index in [0.717, 1.165) is 42.6 Å². The monoisotopic (exact) mass is 489 g/mol. The van der Waals surface area contributed by atoms with Crippen LogP contribution < -0.4 is 10.1 Å².